The number of aromatic nitrogens is 1. The summed E-state index contributed by atoms with van der Waals surface area (Å²) in [5.41, 5.74) is 8.41. The summed E-state index contributed by atoms with van der Waals surface area (Å²) in [4.78, 5) is 18.2. The largest absolute Gasteiger partial charge is 0.375 e. The highest BCUT2D eigenvalue weighted by atomic mass is 32.1. The van der Waals surface area contributed by atoms with Crippen molar-refractivity contribution in [2.75, 3.05) is 17.2 Å². The van der Waals surface area contributed by atoms with E-state index in [1.54, 1.807) is 4.90 Å². The van der Waals surface area contributed by atoms with Crippen LogP contribution in [-0.4, -0.2) is 17.4 Å². The lowest BCUT2D eigenvalue weighted by Crippen LogP contribution is -2.32. The molecule has 19 heavy (non-hydrogen) atoms. The minimum Gasteiger partial charge on any atom is -0.375 e. The summed E-state index contributed by atoms with van der Waals surface area (Å²) in [6, 6.07) is 7.94. The molecule has 2 aromatic rings. The van der Waals surface area contributed by atoms with Crippen molar-refractivity contribution in [3.63, 3.8) is 0 Å². The molecular weight excluding hydrogens is 258 g/mol. The number of carbonyl (C=O) groups is 1. The molecule has 4 nitrogen and oxygen atoms in total. The zero-order valence-corrected chi connectivity index (χ0v) is 11.9. The summed E-state index contributed by atoms with van der Waals surface area (Å²) >= 11 is 1.36. The predicted octanol–water partition coefficient (Wildman–Crippen LogP) is 2.63. The normalized spacial score (nSPS) is 10.4. The molecule has 1 aromatic heterocycles. The number of nitrogen functional groups attached to an aromatic ring is 1. The Bertz CT molecular complexity index is 562. The van der Waals surface area contributed by atoms with Gasteiger partial charge in [-0.1, -0.05) is 17.7 Å². The van der Waals surface area contributed by atoms with Gasteiger partial charge in [-0.15, -0.1) is 11.3 Å². The third kappa shape index (κ3) is 3.32. The number of thiazole rings is 1. The Kier molecular flexibility index (Phi) is 4.16. The predicted molar refractivity (Wildman–Crippen MR) is 79.4 cm³/mol. The molecule has 2 rings (SSSR count). The van der Waals surface area contributed by atoms with Gasteiger partial charge in [-0.3, -0.25) is 4.79 Å². The maximum Gasteiger partial charge on any atom is 0.233 e. The van der Waals surface area contributed by atoms with Crippen molar-refractivity contribution in [1.29, 1.82) is 0 Å². The van der Waals surface area contributed by atoms with Crippen LogP contribution in [0.3, 0.4) is 0 Å². The molecule has 0 saturated heterocycles. The van der Waals surface area contributed by atoms with E-state index in [9.17, 15) is 4.79 Å². The van der Waals surface area contributed by atoms with E-state index in [0.29, 0.717) is 11.7 Å². The molecule has 0 saturated carbocycles. The number of aryl methyl sites for hydroxylation is 1. The molecule has 1 heterocycles. The first kappa shape index (κ1) is 13.5. The van der Waals surface area contributed by atoms with Gasteiger partial charge in [0.25, 0.3) is 0 Å². The van der Waals surface area contributed by atoms with E-state index in [4.69, 9.17) is 5.73 Å². The Balaban J connectivity index is 2.13. The van der Waals surface area contributed by atoms with Crippen LogP contribution in [0.5, 0.6) is 0 Å². The number of hydrogen-bond donors (Lipinski definition) is 1. The smallest absolute Gasteiger partial charge is 0.233 e. The van der Waals surface area contributed by atoms with Crippen LogP contribution in [0.25, 0.3) is 0 Å². The Morgan fingerprint density at radius 1 is 1.37 bits per heavy atom. The second-order valence-electron chi connectivity index (χ2n) is 4.33. The van der Waals surface area contributed by atoms with E-state index in [1.165, 1.54) is 16.9 Å². The summed E-state index contributed by atoms with van der Waals surface area (Å²) in [7, 11) is 0. The Morgan fingerprint density at radius 2 is 2.05 bits per heavy atom. The number of hydrogen-bond acceptors (Lipinski definition) is 4. The van der Waals surface area contributed by atoms with E-state index in [1.807, 2.05) is 43.5 Å². The SMILES string of the molecule is CCN(C(=O)Cc1csc(N)n1)c1ccc(C)cc1. The van der Waals surface area contributed by atoms with Gasteiger partial charge in [-0.05, 0) is 26.0 Å². The van der Waals surface area contributed by atoms with Crippen LogP contribution in [0, 0.1) is 6.92 Å². The molecule has 0 unspecified atom stereocenters. The number of carbonyl (C=O) groups excluding carboxylic acids is 1. The highest BCUT2D eigenvalue weighted by molar-refractivity contribution is 7.13. The fourth-order valence-corrected chi connectivity index (χ4v) is 2.44. The molecule has 0 fully saturated rings. The molecule has 0 bridgehead atoms. The van der Waals surface area contributed by atoms with Crippen LogP contribution in [0.2, 0.25) is 0 Å². The summed E-state index contributed by atoms with van der Waals surface area (Å²) in [6.07, 6.45) is 0.287. The Labute approximate surface area is 116 Å². The van der Waals surface area contributed by atoms with E-state index in [2.05, 4.69) is 4.98 Å². The van der Waals surface area contributed by atoms with E-state index in [0.717, 1.165) is 11.4 Å². The van der Waals surface area contributed by atoms with Crippen molar-refractivity contribution in [1.82, 2.24) is 4.98 Å². The monoisotopic (exact) mass is 275 g/mol. The molecule has 100 valence electrons. The van der Waals surface area contributed by atoms with Gasteiger partial charge in [0.05, 0.1) is 12.1 Å². The van der Waals surface area contributed by atoms with Crippen molar-refractivity contribution in [2.45, 2.75) is 20.3 Å². The van der Waals surface area contributed by atoms with Crippen molar-refractivity contribution in [2.24, 2.45) is 0 Å². The lowest BCUT2D eigenvalue weighted by Gasteiger charge is -2.20. The fraction of sp³-hybridized carbons (Fsp3) is 0.286. The van der Waals surface area contributed by atoms with Crippen molar-refractivity contribution >= 4 is 28.1 Å². The van der Waals surface area contributed by atoms with Crippen LogP contribution in [0.15, 0.2) is 29.6 Å². The van der Waals surface area contributed by atoms with Crippen LogP contribution in [-0.2, 0) is 11.2 Å². The first-order valence-electron chi connectivity index (χ1n) is 6.17. The van der Waals surface area contributed by atoms with Crippen LogP contribution in [0.1, 0.15) is 18.2 Å². The highest BCUT2D eigenvalue weighted by Crippen LogP contribution is 2.17. The van der Waals surface area contributed by atoms with Gasteiger partial charge in [0.15, 0.2) is 5.13 Å². The molecule has 5 heteroatoms. The van der Waals surface area contributed by atoms with Gasteiger partial charge in [0.2, 0.25) is 5.91 Å². The van der Waals surface area contributed by atoms with Gasteiger partial charge in [0.1, 0.15) is 0 Å². The second-order valence-corrected chi connectivity index (χ2v) is 5.22. The van der Waals surface area contributed by atoms with E-state index < -0.39 is 0 Å². The standard InChI is InChI=1S/C14H17N3OS/c1-3-17(12-6-4-10(2)5-7-12)13(18)8-11-9-19-14(15)16-11/h4-7,9H,3,8H2,1-2H3,(H2,15,16). The average molecular weight is 275 g/mol. The quantitative estimate of drug-likeness (QED) is 0.933. The topological polar surface area (TPSA) is 59.2 Å². The second kappa shape index (κ2) is 5.84. The van der Waals surface area contributed by atoms with Crippen molar-refractivity contribution < 1.29 is 4.79 Å². The van der Waals surface area contributed by atoms with Crippen molar-refractivity contribution in [3.8, 4) is 0 Å². The molecule has 0 radical (unpaired) electrons. The molecule has 1 aromatic carbocycles. The molecule has 2 N–H and O–H groups in total. The minimum atomic E-state index is 0.0386. The van der Waals surface area contributed by atoms with E-state index in [-0.39, 0.29) is 12.3 Å². The first-order valence-corrected chi connectivity index (χ1v) is 7.05. The fourth-order valence-electron chi connectivity index (χ4n) is 1.88. The summed E-state index contributed by atoms with van der Waals surface area (Å²) in [6.45, 7) is 4.63. The zero-order valence-electron chi connectivity index (χ0n) is 11.1. The van der Waals surface area contributed by atoms with Crippen molar-refractivity contribution in [3.05, 3.63) is 40.9 Å². The molecule has 0 aliphatic carbocycles. The Morgan fingerprint density at radius 3 is 2.58 bits per heavy atom. The zero-order chi connectivity index (χ0) is 13.8. The molecule has 0 spiro atoms. The average Bonchev–Trinajstić information content (AvgIpc) is 2.78. The van der Waals surface area contributed by atoms with Gasteiger partial charge >= 0.3 is 0 Å². The van der Waals surface area contributed by atoms with Crippen LogP contribution >= 0.6 is 11.3 Å². The van der Waals surface area contributed by atoms with Crippen LogP contribution in [0.4, 0.5) is 10.8 Å². The molecule has 0 atom stereocenters. The van der Waals surface area contributed by atoms with Gasteiger partial charge in [-0.2, -0.15) is 0 Å². The van der Waals surface area contributed by atoms with Gasteiger partial charge in [-0.25, -0.2) is 4.98 Å². The number of likely N-dealkylation sites (N-methyl/N-ethyl adjacent to an activating group) is 1. The number of benzene rings is 1. The number of nitrogens with zero attached hydrogens (tertiary/aromatic N) is 2. The maximum atomic E-state index is 12.3. The minimum absolute atomic E-state index is 0.0386. The number of rotatable bonds is 4. The van der Waals surface area contributed by atoms with Crippen LogP contribution < -0.4 is 10.6 Å². The number of anilines is 2. The third-order valence-electron chi connectivity index (χ3n) is 2.86. The van der Waals surface area contributed by atoms with E-state index >= 15 is 0 Å². The number of nitrogens with two attached hydrogens (primary N) is 1. The summed E-state index contributed by atoms with van der Waals surface area (Å²) < 4.78 is 0. The highest BCUT2D eigenvalue weighted by Gasteiger charge is 2.15. The summed E-state index contributed by atoms with van der Waals surface area (Å²) in [5, 5.41) is 2.33. The third-order valence-corrected chi connectivity index (χ3v) is 3.59. The van der Waals surface area contributed by atoms with Gasteiger partial charge < -0.3 is 10.6 Å². The summed E-state index contributed by atoms with van der Waals surface area (Å²) in [5.74, 6) is 0.0386. The molecule has 0 aliphatic heterocycles. The Hall–Kier alpha value is -1.88. The lowest BCUT2D eigenvalue weighted by molar-refractivity contribution is -0.118. The molecule has 0 aliphatic rings. The number of amides is 1. The molecule has 1 amide bonds. The van der Waals surface area contributed by atoms with Gasteiger partial charge in [0, 0.05) is 17.6 Å². The maximum absolute atomic E-state index is 12.3. The molecular formula is C14H17N3OS. The lowest BCUT2D eigenvalue weighted by atomic mass is 10.2. The first-order chi connectivity index (χ1) is 9.10.